The predicted octanol–water partition coefficient (Wildman–Crippen LogP) is 5.39. The van der Waals surface area contributed by atoms with Crippen LogP contribution in [0.15, 0.2) is 146 Å². The Morgan fingerprint density at radius 3 is 1.53 bits per heavy atom. The molecule has 0 unspecified atom stereocenters. The molecule has 0 amide bonds. The highest BCUT2D eigenvalue weighted by Crippen LogP contribution is 2.58. The number of halogens is 1. The van der Waals surface area contributed by atoms with Crippen molar-refractivity contribution in [3.63, 3.8) is 0 Å². The molecular formula is C36H25FN2O3P+. The summed E-state index contributed by atoms with van der Waals surface area (Å²) in [6.45, 7) is 0. The molecule has 7 heteroatoms. The van der Waals surface area contributed by atoms with Crippen LogP contribution in [0.2, 0.25) is 0 Å². The maximum Gasteiger partial charge on any atom is 0.338 e. The van der Waals surface area contributed by atoms with Crippen LogP contribution in [0.4, 0.5) is 4.39 Å². The van der Waals surface area contributed by atoms with Crippen LogP contribution < -0.4 is 30.7 Å². The van der Waals surface area contributed by atoms with Crippen LogP contribution in [0, 0.1) is 16.2 Å². The number of aromatic hydroxyl groups is 1. The van der Waals surface area contributed by atoms with Crippen LogP contribution in [0.5, 0.6) is 5.75 Å². The lowest BCUT2D eigenvalue weighted by atomic mass is 10.0. The largest absolute Gasteiger partial charge is 0.617 e. The molecule has 1 heterocycles. The molecule has 6 aromatic carbocycles. The van der Waals surface area contributed by atoms with Gasteiger partial charge in [0.1, 0.15) is 21.7 Å². The molecule has 0 bridgehead atoms. The standard InChI is InChI=1S/C36H24FN2O3P/c37-26-14-12-13-25(23-26)30-24-33-34(39(42)32-22-11-10-21-31(32)38(33)41)36(35(30)40)43(27-15-4-1-5-16-27,28-17-6-2-7-18-28)29-19-8-3-9-20-29/h1-24H/p+1. The van der Waals surface area contributed by atoms with E-state index in [9.17, 15) is 19.9 Å². The molecule has 0 aliphatic carbocycles. The van der Waals surface area contributed by atoms with Crippen molar-refractivity contribution >= 4 is 50.5 Å². The number of para-hydroxylation sites is 2. The van der Waals surface area contributed by atoms with Gasteiger partial charge in [0.25, 0.3) is 16.6 Å². The van der Waals surface area contributed by atoms with Gasteiger partial charge >= 0.3 is 5.52 Å². The summed E-state index contributed by atoms with van der Waals surface area (Å²) in [6.07, 6.45) is 0. The van der Waals surface area contributed by atoms with E-state index in [1.807, 2.05) is 91.0 Å². The van der Waals surface area contributed by atoms with Gasteiger partial charge in [-0.25, -0.2) is 4.39 Å². The summed E-state index contributed by atoms with van der Waals surface area (Å²) in [5.41, 5.74) is 1.16. The number of benzene rings is 6. The number of nitrogens with zero attached hydrogens (tertiary/aromatic N) is 2. The molecule has 0 atom stereocenters. The smallest absolute Gasteiger partial charge is 0.338 e. The minimum absolute atomic E-state index is 0.0660. The Kier molecular flexibility index (Phi) is 6.49. The van der Waals surface area contributed by atoms with Gasteiger partial charge in [0.2, 0.25) is 5.30 Å². The second kappa shape index (κ2) is 10.5. The molecule has 1 N–H and O–H groups in total. The molecule has 208 valence electrons. The van der Waals surface area contributed by atoms with E-state index in [1.54, 1.807) is 36.4 Å². The monoisotopic (exact) mass is 583 g/mol. The number of hydrogen-bond acceptors (Lipinski definition) is 3. The van der Waals surface area contributed by atoms with Crippen molar-refractivity contribution in [3.05, 3.63) is 162 Å². The average Bonchev–Trinajstić information content (AvgIpc) is 3.06. The molecule has 43 heavy (non-hydrogen) atoms. The molecule has 5 nitrogen and oxygen atoms in total. The summed E-state index contributed by atoms with van der Waals surface area (Å²) in [5.74, 6) is -0.663. The van der Waals surface area contributed by atoms with Gasteiger partial charge < -0.3 is 15.5 Å². The Morgan fingerprint density at radius 2 is 1.02 bits per heavy atom. The van der Waals surface area contributed by atoms with Crippen LogP contribution in [0.25, 0.3) is 33.2 Å². The average molecular weight is 584 g/mol. The second-order valence-electron chi connectivity index (χ2n) is 10.3. The Bertz CT molecular complexity index is 2030. The van der Waals surface area contributed by atoms with Crippen molar-refractivity contribution in [2.45, 2.75) is 0 Å². The molecule has 7 aromatic rings. The number of phenolic OH excluding ortho intramolecular Hbond substituents is 1. The Morgan fingerprint density at radius 1 is 0.535 bits per heavy atom. The first-order chi connectivity index (χ1) is 21.0. The lowest BCUT2D eigenvalue weighted by Crippen LogP contribution is -2.46. The topological polar surface area (TPSA) is 74.1 Å². The molecule has 0 aliphatic heterocycles. The quantitative estimate of drug-likeness (QED) is 0.128. The first-order valence-corrected chi connectivity index (χ1v) is 15.6. The highest BCUT2D eigenvalue weighted by atomic mass is 31.2. The van der Waals surface area contributed by atoms with E-state index in [4.69, 9.17) is 0 Å². The van der Waals surface area contributed by atoms with Crippen molar-refractivity contribution in [3.8, 4) is 16.9 Å². The molecule has 0 radical (unpaired) electrons. The fraction of sp³-hybridized carbons (Fsp3) is 0. The van der Waals surface area contributed by atoms with Gasteiger partial charge in [0, 0.05) is 23.8 Å². The summed E-state index contributed by atoms with van der Waals surface area (Å²) >= 11 is 0. The van der Waals surface area contributed by atoms with E-state index < -0.39 is 13.1 Å². The van der Waals surface area contributed by atoms with E-state index in [2.05, 4.69) is 0 Å². The first-order valence-electron chi connectivity index (χ1n) is 13.8. The number of aromatic nitrogens is 2. The molecule has 0 fully saturated rings. The third-order valence-electron chi connectivity index (χ3n) is 7.87. The first kappa shape index (κ1) is 26.6. The van der Waals surface area contributed by atoms with Crippen LogP contribution in [0.1, 0.15) is 0 Å². The van der Waals surface area contributed by atoms with Gasteiger partial charge in [-0.1, -0.05) is 78.9 Å². The van der Waals surface area contributed by atoms with Crippen molar-refractivity contribution < 1.29 is 19.0 Å². The molecular weight excluding hydrogens is 558 g/mol. The van der Waals surface area contributed by atoms with Gasteiger partial charge in [-0.05, 0) is 54.1 Å². The van der Waals surface area contributed by atoms with E-state index in [0.29, 0.717) is 10.9 Å². The van der Waals surface area contributed by atoms with Crippen molar-refractivity contribution in [1.82, 2.24) is 0 Å². The lowest BCUT2D eigenvalue weighted by molar-refractivity contribution is -0.590. The zero-order valence-corrected chi connectivity index (χ0v) is 23.7. The maximum atomic E-state index is 14.6. The maximum absolute atomic E-state index is 14.6. The number of rotatable bonds is 5. The van der Waals surface area contributed by atoms with Crippen molar-refractivity contribution in [2.75, 3.05) is 0 Å². The third-order valence-corrected chi connectivity index (χ3v) is 12.2. The van der Waals surface area contributed by atoms with Crippen molar-refractivity contribution in [1.29, 1.82) is 0 Å². The highest BCUT2D eigenvalue weighted by molar-refractivity contribution is 8.02. The molecule has 0 saturated heterocycles. The summed E-state index contributed by atoms with van der Waals surface area (Å²) < 4.78 is 16.1. The van der Waals surface area contributed by atoms with Gasteiger partial charge in [0.15, 0.2) is 13.0 Å². The summed E-state index contributed by atoms with van der Waals surface area (Å²) in [6, 6.07) is 43.3. The van der Waals surface area contributed by atoms with Gasteiger partial charge in [-0.3, -0.25) is 0 Å². The summed E-state index contributed by atoms with van der Waals surface area (Å²) in [5, 5.41) is 44.0. The van der Waals surface area contributed by atoms with Crippen LogP contribution in [0.3, 0.4) is 0 Å². The van der Waals surface area contributed by atoms with Crippen LogP contribution >= 0.6 is 7.26 Å². The number of fused-ring (bicyclic) bond motifs is 2. The van der Waals surface area contributed by atoms with E-state index >= 15 is 0 Å². The zero-order valence-electron chi connectivity index (χ0n) is 22.8. The van der Waals surface area contributed by atoms with Gasteiger partial charge in [-0.15, -0.1) is 4.73 Å². The normalized spacial score (nSPS) is 11.7. The summed E-state index contributed by atoms with van der Waals surface area (Å²) in [7, 11) is -3.09. The zero-order chi connectivity index (χ0) is 29.6. The van der Waals surface area contributed by atoms with Crippen molar-refractivity contribution in [2.24, 2.45) is 0 Å². The Balaban J connectivity index is 1.80. The molecule has 1 aromatic heterocycles. The van der Waals surface area contributed by atoms with E-state index in [0.717, 1.165) is 25.4 Å². The highest BCUT2D eigenvalue weighted by Gasteiger charge is 2.55. The third kappa shape index (κ3) is 4.10. The lowest BCUT2D eigenvalue weighted by Gasteiger charge is -2.28. The number of hydrogen-bond donors (Lipinski definition) is 1. The molecule has 0 spiro atoms. The molecule has 0 aliphatic rings. The van der Waals surface area contributed by atoms with Gasteiger partial charge in [-0.2, -0.15) is 4.73 Å². The minimum Gasteiger partial charge on any atom is -0.617 e. The Labute approximate surface area is 247 Å². The fourth-order valence-electron chi connectivity index (χ4n) is 6.03. The Hall–Kier alpha value is -5.32. The predicted molar refractivity (Wildman–Crippen MR) is 171 cm³/mol. The molecule has 0 saturated carbocycles. The SMILES string of the molecule is [O-][n+]1c2ccccc2[n+]([O-])c2c([P+](c3ccccc3)(c3ccccc3)c3ccccc3)c(O)c(-c3cccc(F)c3)cc21. The molecule has 7 rings (SSSR count). The van der Waals surface area contributed by atoms with Gasteiger partial charge in [0.05, 0.1) is 0 Å². The second-order valence-corrected chi connectivity index (χ2v) is 13.6. The van der Waals surface area contributed by atoms with Crippen LogP contribution in [-0.2, 0) is 0 Å². The van der Waals surface area contributed by atoms with E-state index in [-0.39, 0.29) is 33.4 Å². The minimum atomic E-state index is -3.09. The van der Waals surface area contributed by atoms with Crippen LogP contribution in [-0.4, -0.2) is 5.11 Å². The summed E-state index contributed by atoms with van der Waals surface area (Å²) in [4.78, 5) is 0. The fourth-order valence-corrected chi connectivity index (χ4v) is 10.5. The number of phenols is 1. The van der Waals surface area contributed by atoms with E-state index in [1.165, 1.54) is 18.2 Å².